The molecule has 0 atom stereocenters. The molecule has 0 amide bonds. The Kier molecular flexibility index (Phi) is 6.67. The minimum atomic E-state index is -3.83. The number of hydrogen-bond acceptors (Lipinski definition) is 4. The first-order valence-corrected chi connectivity index (χ1v) is 8.06. The zero-order chi connectivity index (χ0) is 15.2. The molecule has 0 saturated carbocycles. The summed E-state index contributed by atoms with van der Waals surface area (Å²) in [6.45, 7) is 2.99. The maximum absolute atomic E-state index is 13.1. The lowest BCUT2D eigenvalue weighted by Crippen LogP contribution is -2.28. The van der Waals surface area contributed by atoms with Crippen molar-refractivity contribution in [3.05, 3.63) is 23.0 Å². The van der Waals surface area contributed by atoms with Crippen molar-refractivity contribution in [1.29, 1.82) is 0 Å². The van der Waals surface area contributed by atoms with E-state index in [0.717, 1.165) is 25.0 Å². The molecule has 20 heavy (non-hydrogen) atoms. The molecule has 0 aliphatic heterocycles. The summed E-state index contributed by atoms with van der Waals surface area (Å²) in [7, 11) is -3.83. The summed E-state index contributed by atoms with van der Waals surface area (Å²) in [5, 5.41) is -0.212. The zero-order valence-electron chi connectivity index (χ0n) is 11.2. The highest BCUT2D eigenvalue weighted by molar-refractivity contribution is 7.89. The Morgan fingerprint density at radius 3 is 2.75 bits per heavy atom. The van der Waals surface area contributed by atoms with Crippen LogP contribution in [0, 0.1) is 5.82 Å². The summed E-state index contributed by atoms with van der Waals surface area (Å²) in [4.78, 5) is -0.244. The number of anilines is 1. The Bertz CT molecular complexity index is 552. The van der Waals surface area contributed by atoms with Crippen molar-refractivity contribution in [1.82, 2.24) is 4.72 Å². The van der Waals surface area contributed by atoms with Gasteiger partial charge in [0.2, 0.25) is 10.0 Å². The Morgan fingerprint density at radius 2 is 2.10 bits per heavy atom. The van der Waals surface area contributed by atoms with E-state index in [1.54, 1.807) is 0 Å². The van der Waals surface area contributed by atoms with Gasteiger partial charge in [-0.25, -0.2) is 17.5 Å². The monoisotopic (exact) mass is 324 g/mol. The average molecular weight is 325 g/mol. The van der Waals surface area contributed by atoms with Gasteiger partial charge in [-0.15, -0.1) is 0 Å². The van der Waals surface area contributed by atoms with Crippen molar-refractivity contribution in [2.75, 3.05) is 25.5 Å². The fraction of sp³-hybridized carbons (Fsp3) is 0.500. The van der Waals surface area contributed by atoms with Crippen LogP contribution < -0.4 is 10.5 Å². The fourth-order valence-corrected chi connectivity index (χ4v) is 2.99. The second-order valence-corrected chi connectivity index (χ2v) is 6.31. The quantitative estimate of drug-likeness (QED) is 0.567. The van der Waals surface area contributed by atoms with Crippen molar-refractivity contribution < 1.29 is 17.5 Å². The van der Waals surface area contributed by atoms with E-state index in [-0.39, 0.29) is 28.8 Å². The number of nitrogens with two attached hydrogens (primary N) is 1. The highest BCUT2D eigenvalue weighted by Gasteiger charge is 2.19. The molecule has 0 saturated heterocycles. The number of hydrogen-bond donors (Lipinski definition) is 2. The van der Waals surface area contributed by atoms with E-state index in [2.05, 4.69) is 4.72 Å². The van der Waals surface area contributed by atoms with Gasteiger partial charge >= 0.3 is 0 Å². The van der Waals surface area contributed by atoms with E-state index in [4.69, 9.17) is 22.1 Å². The largest absolute Gasteiger partial charge is 0.396 e. The molecule has 0 heterocycles. The first-order chi connectivity index (χ1) is 9.38. The summed E-state index contributed by atoms with van der Waals surface area (Å²) < 4.78 is 44.6. The van der Waals surface area contributed by atoms with Crippen LogP contribution in [0.15, 0.2) is 17.0 Å². The van der Waals surface area contributed by atoms with Crippen LogP contribution in [-0.2, 0) is 14.8 Å². The smallest absolute Gasteiger partial charge is 0.242 e. The van der Waals surface area contributed by atoms with Crippen LogP contribution >= 0.6 is 11.6 Å². The standard InChI is InChI=1S/C12H18ClFN2O3S/c1-2-3-5-19-6-4-16-20(17,18)12-8-11(15)10(14)7-9(12)13/h7-8,16H,2-6,15H2,1H3. The Morgan fingerprint density at radius 1 is 1.40 bits per heavy atom. The first kappa shape index (κ1) is 17.2. The van der Waals surface area contributed by atoms with E-state index in [1.165, 1.54) is 0 Å². The third kappa shape index (κ3) is 4.90. The van der Waals surface area contributed by atoms with E-state index in [9.17, 15) is 12.8 Å². The fourth-order valence-electron chi connectivity index (χ4n) is 1.43. The first-order valence-electron chi connectivity index (χ1n) is 6.20. The molecule has 1 aromatic rings. The molecule has 1 aromatic carbocycles. The van der Waals surface area contributed by atoms with Crippen LogP contribution in [0.2, 0.25) is 5.02 Å². The highest BCUT2D eigenvalue weighted by atomic mass is 35.5. The van der Waals surface area contributed by atoms with Crippen molar-refractivity contribution in [2.24, 2.45) is 0 Å². The molecule has 3 N–H and O–H groups in total. The number of unbranched alkanes of at least 4 members (excludes halogenated alkanes) is 1. The van der Waals surface area contributed by atoms with Gasteiger partial charge in [-0.2, -0.15) is 0 Å². The Hall–Kier alpha value is -0.890. The van der Waals surface area contributed by atoms with Crippen LogP contribution in [0.1, 0.15) is 19.8 Å². The third-order valence-electron chi connectivity index (χ3n) is 2.52. The van der Waals surface area contributed by atoms with Crippen LogP contribution in [0.4, 0.5) is 10.1 Å². The number of ether oxygens (including phenoxy) is 1. The second-order valence-electron chi connectivity index (χ2n) is 4.17. The summed E-state index contributed by atoms with van der Waals surface area (Å²) in [5.74, 6) is -0.753. The van der Waals surface area contributed by atoms with Crippen LogP contribution in [0.3, 0.4) is 0 Å². The highest BCUT2D eigenvalue weighted by Crippen LogP contribution is 2.25. The molecule has 0 aliphatic rings. The number of nitrogen functional groups attached to an aromatic ring is 1. The summed E-state index contributed by atoms with van der Waals surface area (Å²) in [5.41, 5.74) is 5.08. The lowest BCUT2D eigenvalue weighted by atomic mass is 10.3. The lowest BCUT2D eigenvalue weighted by molar-refractivity contribution is 0.136. The van der Waals surface area contributed by atoms with Crippen molar-refractivity contribution >= 4 is 27.3 Å². The predicted molar refractivity (Wildman–Crippen MR) is 76.7 cm³/mol. The van der Waals surface area contributed by atoms with E-state index in [0.29, 0.717) is 6.61 Å². The van der Waals surface area contributed by atoms with E-state index >= 15 is 0 Å². The topological polar surface area (TPSA) is 81.4 Å². The van der Waals surface area contributed by atoms with Gasteiger partial charge in [0.1, 0.15) is 10.7 Å². The Balaban J connectivity index is 2.63. The molecule has 8 heteroatoms. The maximum Gasteiger partial charge on any atom is 0.242 e. The minimum Gasteiger partial charge on any atom is -0.396 e. The average Bonchev–Trinajstić information content (AvgIpc) is 2.37. The summed E-state index contributed by atoms with van der Waals surface area (Å²) >= 11 is 5.72. The van der Waals surface area contributed by atoms with Gasteiger partial charge in [0, 0.05) is 13.2 Å². The van der Waals surface area contributed by atoms with E-state index in [1.807, 2.05) is 6.92 Å². The number of sulfonamides is 1. The molecule has 0 spiro atoms. The molecular weight excluding hydrogens is 307 g/mol. The molecular formula is C12H18ClFN2O3S. The third-order valence-corrected chi connectivity index (χ3v) is 4.45. The molecule has 0 bridgehead atoms. The SMILES string of the molecule is CCCCOCCNS(=O)(=O)c1cc(N)c(F)cc1Cl. The number of nitrogens with one attached hydrogen (secondary N) is 1. The van der Waals surface area contributed by atoms with Crippen molar-refractivity contribution in [3.63, 3.8) is 0 Å². The predicted octanol–water partition coefficient (Wildman–Crippen LogP) is 2.16. The summed E-state index contributed by atoms with van der Waals surface area (Å²) in [6, 6.07) is 1.88. The van der Waals surface area contributed by atoms with E-state index < -0.39 is 15.8 Å². The van der Waals surface area contributed by atoms with Gasteiger partial charge < -0.3 is 10.5 Å². The van der Waals surface area contributed by atoms with Crippen LogP contribution in [-0.4, -0.2) is 28.2 Å². The molecule has 0 fully saturated rings. The van der Waals surface area contributed by atoms with Gasteiger partial charge in [0.25, 0.3) is 0 Å². The number of benzene rings is 1. The Labute approximate surface area is 123 Å². The van der Waals surface area contributed by atoms with Gasteiger partial charge in [-0.1, -0.05) is 24.9 Å². The molecule has 114 valence electrons. The van der Waals surface area contributed by atoms with Crippen molar-refractivity contribution in [3.8, 4) is 0 Å². The van der Waals surface area contributed by atoms with Gasteiger partial charge in [-0.3, -0.25) is 0 Å². The molecule has 1 rings (SSSR count). The normalized spacial score (nSPS) is 11.8. The summed E-state index contributed by atoms with van der Waals surface area (Å²) in [6.07, 6.45) is 1.93. The van der Waals surface area contributed by atoms with Gasteiger partial charge in [0.15, 0.2) is 0 Å². The zero-order valence-corrected chi connectivity index (χ0v) is 12.7. The molecule has 0 aromatic heterocycles. The maximum atomic E-state index is 13.1. The second kappa shape index (κ2) is 7.78. The van der Waals surface area contributed by atoms with Crippen LogP contribution in [0.25, 0.3) is 0 Å². The molecule has 0 radical (unpaired) electrons. The van der Waals surface area contributed by atoms with Gasteiger partial charge in [-0.05, 0) is 18.6 Å². The minimum absolute atomic E-state index is 0.111. The molecule has 5 nitrogen and oxygen atoms in total. The molecule has 0 aliphatic carbocycles. The number of rotatable bonds is 8. The van der Waals surface area contributed by atoms with Gasteiger partial charge in [0.05, 0.1) is 17.3 Å². The van der Waals surface area contributed by atoms with Crippen LogP contribution in [0.5, 0.6) is 0 Å². The van der Waals surface area contributed by atoms with Crippen molar-refractivity contribution in [2.45, 2.75) is 24.7 Å². The lowest BCUT2D eigenvalue weighted by Gasteiger charge is -2.10. The molecule has 0 unspecified atom stereocenters. The number of halogens is 2.